The van der Waals surface area contributed by atoms with Crippen molar-refractivity contribution in [2.24, 2.45) is 17.8 Å². The highest BCUT2D eigenvalue weighted by Crippen LogP contribution is 2.47. The summed E-state index contributed by atoms with van der Waals surface area (Å²) in [5, 5.41) is 0. The molecular weight excluding hydrogens is 226 g/mol. The van der Waals surface area contributed by atoms with E-state index in [4.69, 9.17) is 11.2 Å². The Kier molecular flexibility index (Phi) is 3.56. The molecule has 1 saturated carbocycles. The SMILES string of the molecule is C#C[C@@H]1C[C@H]1C1CCN(C(=O)OC(C)(C)C)CC1. The zero-order valence-electron chi connectivity index (χ0n) is 11.6. The molecule has 0 aromatic rings. The minimum Gasteiger partial charge on any atom is -0.444 e. The van der Waals surface area contributed by atoms with Crippen molar-refractivity contribution in [3.8, 4) is 12.3 Å². The van der Waals surface area contributed by atoms with Crippen LogP contribution >= 0.6 is 0 Å². The largest absolute Gasteiger partial charge is 0.444 e. The van der Waals surface area contributed by atoms with Crippen LogP contribution in [0, 0.1) is 30.1 Å². The van der Waals surface area contributed by atoms with Crippen molar-refractivity contribution >= 4 is 6.09 Å². The van der Waals surface area contributed by atoms with Crippen LogP contribution in [0.3, 0.4) is 0 Å². The quantitative estimate of drug-likeness (QED) is 0.669. The predicted octanol–water partition coefficient (Wildman–Crippen LogP) is 2.90. The van der Waals surface area contributed by atoms with Gasteiger partial charge in [0.2, 0.25) is 0 Å². The first kappa shape index (κ1) is 13.3. The molecule has 0 radical (unpaired) electrons. The smallest absolute Gasteiger partial charge is 0.410 e. The van der Waals surface area contributed by atoms with Crippen LogP contribution in [0.2, 0.25) is 0 Å². The monoisotopic (exact) mass is 249 g/mol. The fraction of sp³-hybridized carbons (Fsp3) is 0.800. The number of carbonyl (C=O) groups is 1. The first-order valence-corrected chi connectivity index (χ1v) is 6.85. The molecule has 2 atom stereocenters. The van der Waals surface area contributed by atoms with Crippen LogP contribution in [0.4, 0.5) is 4.79 Å². The lowest BCUT2D eigenvalue weighted by Crippen LogP contribution is -2.42. The molecule has 1 saturated heterocycles. The van der Waals surface area contributed by atoms with E-state index in [0.29, 0.717) is 11.8 Å². The number of nitrogens with zero attached hydrogens (tertiary/aromatic N) is 1. The molecule has 100 valence electrons. The molecule has 2 fully saturated rings. The highest BCUT2D eigenvalue weighted by Gasteiger charge is 2.43. The molecule has 18 heavy (non-hydrogen) atoms. The number of hydrogen-bond acceptors (Lipinski definition) is 2. The maximum atomic E-state index is 11.9. The van der Waals surface area contributed by atoms with Crippen molar-refractivity contribution in [3.05, 3.63) is 0 Å². The Morgan fingerprint density at radius 1 is 1.33 bits per heavy atom. The van der Waals surface area contributed by atoms with Gasteiger partial charge in [0.25, 0.3) is 0 Å². The van der Waals surface area contributed by atoms with Crippen LogP contribution in [0.15, 0.2) is 0 Å². The number of hydrogen-bond donors (Lipinski definition) is 0. The topological polar surface area (TPSA) is 29.5 Å². The number of terminal acetylenes is 1. The Balaban J connectivity index is 1.77. The van der Waals surface area contributed by atoms with Gasteiger partial charge in [-0.2, -0.15) is 0 Å². The van der Waals surface area contributed by atoms with Gasteiger partial charge in [-0.3, -0.25) is 0 Å². The van der Waals surface area contributed by atoms with Crippen LogP contribution in [-0.4, -0.2) is 29.7 Å². The van der Waals surface area contributed by atoms with Gasteiger partial charge in [-0.1, -0.05) is 0 Å². The molecule has 1 aliphatic heterocycles. The van der Waals surface area contributed by atoms with Crippen LogP contribution in [0.5, 0.6) is 0 Å². The van der Waals surface area contributed by atoms with Gasteiger partial charge in [0.15, 0.2) is 0 Å². The number of piperidine rings is 1. The van der Waals surface area contributed by atoms with Gasteiger partial charge in [0.05, 0.1) is 0 Å². The number of ether oxygens (including phenoxy) is 1. The van der Waals surface area contributed by atoms with E-state index in [-0.39, 0.29) is 6.09 Å². The van der Waals surface area contributed by atoms with E-state index in [1.807, 2.05) is 25.7 Å². The van der Waals surface area contributed by atoms with Gasteiger partial charge >= 0.3 is 6.09 Å². The van der Waals surface area contributed by atoms with Gasteiger partial charge in [0, 0.05) is 19.0 Å². The third-order valence-electron chi connectivity index (χ3n) is 3.85. The molecule has 2 rings (SSSR count). The molecule has 0 spiro atoms. The fourth-order valence-corrected chi connectivity index (χ4v) is 2.76. The Labute approximate surface area is 110 Å². The van der Waals surface area contributed by atoms with Crippen LogP contribution < -0.4 is 0 Å². The molecule has 0 N–H and O–H groups in total. The van der Waals surface area contributed by atoms with E-state index >= 15 is 0 Å². The lowest BCUT2D eigenvalue weighted by Gasteiger charge is -2.33. The fourth-order valence-electron chi connectivity index (χ4n) is 2.76. The van der Waals surface area contributed by atoms with E-state index < -0.39 is 5.60 Å². The van der Waals surface area contributed by atoms with Crippen molar-refractivity contribution in [1.82, 2.24) is 4.90 Å². The van der Waals surface area contributed by atoms with Crippen molar-refractivity contribution in [2.45, 2.75) is 45.6 Å². The summed E-state index contributed by atoms with van der Waals surface area (Å²) in [6.07, 6.45) is 8.60. The lowest BCUT2D eigenvalue weighted by atomic mass is 9.91. The summed E-state index contributed by atoms with van der Waals surface area (Å²) < 4.78 is 5.39. The van der Waals surface area contributed by atoms with Gasteiger partial charge in [-0.05, 0) is 51.9 Å². The molecule has 0 aromatic heterocycles. The highest BCUT2D eigenvalue weighted by molar-refractivity contribution is 5.68. The molecule has 1 aliphatic carbocycles. The van der Waals surface area contributed by atoms with E-state index in [0.717, 1.165) is 31.8 Å². The second-order valence-corrected chi connectivity index (χ2v) is 6.48. The summed E-state index contributed by atoms with van der Waals surface area (Å²) in [4.78, 5) is 13.7. The molecule has 0 bridgehead atoms. The number of rotatable bonds is 1. The average molecular weight is 249 g/mol. The molecule has 0 aromatic carbocycles. The maximum absolute atomic E-state index is 11.9. The maximum Gasteiger partial charge on any atom is 0.410 e. The Hall–Kier alpha value is -1.17. The Morgan fingerprint density at radius 2 is 1.94 bits per heavy atom. The van der Waals surface area contributed by atoms with Crippen LogP contribution in [0.25, 0.3) is 0 Å². The minimum absolute atomic E-state index is 0.176. The van der Waals surface area contributed by atoms with Crippen LogP contribution in [-0.2, 0) is 4.74 Å². The molecule has 3 heteroatoms. The van der Waals surface area contributed by atoms with E-state index in [2.05, 4.69) is 5.92 Å². The number of likely N-dealkylation sites (tertiary alicyclic amines) is 1. The van der Waals surface area contributed by atoms with Crippen molar-refractivity contribution < 1.29 is 9.53 Å². The standard InChI is InChI=1S/C15H23NO2/c1-5-11-10-13(11)12-6-8-16(9-7-12)14(17)18-15(2,3)4/h1,11-13H,6-10H2,2-4H3/t11-,13-/m1/s1. The lowest BCUT2D eigenvalue weighted by molar-refractivity contribution is 0.0175. The molecule has 1 amide bonds. The van der Waals surface area contributed by atoms with E-state index in [1.54, 1.807) is 0 Å². The Bertz CT molecular complexity index is 356. The number of carbonyl (C=O) groups excluding carboxylic acids is 1. The normalized spacial score (nSPS) is 28.7. The summed E-state index contributed by atoms with van der Waals surface area (Å²) in [7, 11) is 0. The summed E-state index contributed by atoms with van der Waals surface area (Å²) in [6.45, 7) is 7.33. The summed E-state index contributed by atoms with van der Waals surface area (Å²) in [6, 6.07) is 0. The third-order valence-corrected chi connectivity index (χ3v) is 3.85. The third kappa shape index (κ3) is 3.19. The zero-order valence-corrected chi connectivity index (χ0v) is 11.6. The molecule has 2 aliphatic rings. The van der Waals surface area contributed by atoms with Crippen molar-refractivity contribution in [3.63, 3.8) is 0 Å². The van der Waals surface area contributed by atoms with E-state index in [1.165, 1.54) is 6.42 Å². The van der Waals surface area contributed by atoms with Crippen molar-refractivity contribution in [1.29, 1.82) is 0 Å². The second kappa shape index (κ2) is 4.84. The van der Waals surface area contributed by atoms with Gasteiger partial charge < -0.3 is 9.64 Å². The average Bonchev–Trinajstić information content (AvgIpc) is 3.06. The van der Waals surface area contributed by atoms with Crippen molar-refractivity contribution in [2.75, 3.05) is 13.1 Å². The van der Waals surface area contributed by atoms with E-state index in [9.17, 15) is 4.79 Å². The summed E-state index contributed by atoms with van der Waals surface area (Å²) in [5.74, 6) is 4.78. The number of amides is 1. The highest BCUT2D eigenvalue weighted by atomic mass is 16.6. The minimum atomic E-state index is -0.404. The summed E-state index contributed by atoms with van der Waals surface area (Å²) in [5.41, 5.74) is -0.404. The molecular formula is C15H23NO2. The Morgan fingerprint density at radius 3 is 2.39 bits per heavy atom. The van der Waals surface area contributed by atoms with Gasteiger partial charge in [-0.15, -0.1) is 12.3 Å². The first-order chi connectivity index (χ1) is 8.40. The molecule has 3 nitrogen and oxygen atoms in total. The van der Waals surface area contributed by atoms with Crippen LogP contribution in [0.1, 0.15) is 40.0 Å². The molecule has 1 heterocycles. The zero-order chi connectivity index (χ0) is 13.3. The van der Waals surface area contributed by atoms with Gasteiger partial charge in [0.1, 0.15) is 5.60 Å². The molecule has 0 unspecified atom stereocenters. The second-order valence-electron chi connectivity index (χ2n) is 6.48. The predicted molar refractivity (Wildman–Crippen MR) is 71.0 cm³/mol. The summed E-state index contributed by atoms with van der Waals surface area (Å²) >= 11 is 0. The van der Waals surface area contributed by atoms with Gasteiger partial charge in [-0.25, -0.2) is 4.79 Å². The first-order valence-electron chi connectivity index (χ1n) is 6.85.